The second-order valence-electron chi connectivity index (χ2n) is 2.81. The molecule has 0 aliphatic carbocycles. The minimum absolute atomic E-state index is 0.0351. The Kier molecular flexibility index (Phi) is 3.08. The van der Waals surface area contributed by atoms with Crippen molar-refractivity contribution < 1.29 is 14.3 Å². The van der Waals surface area contributed by atoms with Gasteiger partial charge in [-0.1, -0.05) is 6.92 Å². The number of hydrogen-bond donors (Lipinski definition) is 2. The molecule has 13 heavy (non-hydrogen) atoms. The average Bonchev–Trinajstić information content (AvgIpc) is 2.43. The molecular weight excluding hydrogens is 170 g/mol. The van der Waals surface area contributed by atoms with Gasteiger partial charge in [0.05, 0.1) is 6.54 Å². The lowest BCUT2D eigenvalue weighted by Crippen LogP contribution is -2.10. The molecule has 0 aliphatic rings. The fourth-order valence-corrected chi connectivity index (χ4v) is 1.10. The molecule has 1 aromatic rings. The van der Waals surface area contributed by atoms with Gasteiger partial charge in [-0.2, -0.15) is 0 Å². The van der Waals surface area contributed by atoms with Crippen LogP contribution in [0.3, 0.4) is 0 Å². The van der Waals surface area contributed by atoms with Gasteiger partial charge in [-0.05, 0) is 19.5 Å². The topological polar surface area (TPSA) is 62.5 Å². The molecule has 1 rings (SSSR count). The number of furan rings is 1. The first-order valence-electron chi connectivity index (χ1n) is 4.18. The van der Waals surface area contributed by atoms with Crippen molar-refractivity contribution in [2.75, 3.05) is 6.54 Å². The van der Waals surface area contributed by atoms with Crippen molar-refractivity contribution in [1.82, 2.24) is 5.32 Å². The van der Waals surface area contributed by atoms with Crippen LogP contribution in [0.2, 0.25) is 0 Å². The summed E-state index contributed by atoms with van der Waals surface area (Å²) >= 11 is 0. The monoisotopic (exact) mass is 183 g/mol. The Hall–Kier alpha value is -1.29. The molecule has 72 valence electrons. The Bertz CT molecular complexity index is 304. The number of hydrogen-bond acceptors (Lipinski definition) is 3. The Morgan fingerprint density at radius 3 is 2.85 bits per heavy atom. The zero-order chi connectivity index (χ0) is 9.84. The van der Waals surface area contributed by atoms with Crippen molar-refractivity contribution in [1.29, 1.82) is 0 Å². The molecule has 1 aromatic heterocycles. The summed E-state index contributed by atoms with van der Waals surface area (Å²) in [7, 11) is 0. The maximum absolute atomic E-state index is 10.6. The predicted molar refractivity (Wildman–Crippen MR) is 47.8 cm³/mol. The smallest absolute Gasteiger partial charge is 0.372 e. The van der Waals surface area contributed by atoms with Gasteiger partial charge in [0.2, 0.25) is 5.76 Å². The van der Waals surface area contributed by atoms with Gasteiger partial charge in [0.25, 0.3) is 0 Å². The molecule has 1 heterocycles. The van der Waals surface area contributed by atoms with E-state index in [-0.39, 0.29) is 5.76 Å². The first-order valence-corrected chi connectivity index (χ1v) is 4.18. The quantitative estimate of drug-likeness (QED) is 0.740. The van der Waals surface area contributed by atoms with Crippen LogP contribution in [-0.4, -0.2) is 17.6 Å². The maximum Gasteiger partial charge on any atom is 0.372 e. The highest BCUT2D eigenvalue weighted by molar-refractivity contribution is 5.86. The summed E-state index contributed by atoms with van der Waals surface area (Å²) in [6.45, 7) is 5.11. The van der Waals surface area contributed by atoms with Gasteiger partial charge in [0, 0.05) is 5.56 Å². The molecule has 0 aromatic carbocycles. The van der Waals surface area contributed by atoms with E-state index >= 15 is 0 Å². The highest BCUT2D eigenvalue weighted by Gasteiger charge is 2.13. The van der Waals surface area contributed by atoms with Crippen molar-refractivity contribution >= 4 is 5.97 Å². The van der Waals surface area contributed by atoms with E-state index in [9.17, 15) is 4.79 Å². The lowest BCUT2D eigenvalue weighted by atomic mass is 10.2. The molecule has 0 atom stereocenters. The number of aryl methyl sites for hydroxylation is 1. The Balaban J connectivity index is 2.76. The van der Waals surface area contributed by atoms with E-state index in [1.807, 2.05) is 6.92 Å². The Labute approximate surface area is 76.6 Å². The number of nitrogens with one attached hydrogen (secondary N) is 1. The van der Waals surface area contributed by atoms with E-state index in [0.717, 1.165) is 6.54 Å². The summed E-state index contributed by atoms with van der Waals surface area (Å²) in [5.74, 6) is -0.315. The van der Waals surface area contributed by atoms with Crippen LogP contribution in [0.25, 0.3) is 0 Å². The highest BCUT2D eigenvalue weighted by Crippen LogP contribution is 2.14. The number of carbonyl (C=O) groups is 1. The predicted octanol–water partition coefficient (Wildman–Crippen LogP) is 1.40. The summed E-state index contributed by atoms with van der Waals surface area (Å²) in [4.78, 5) is 10.6. The van der Waals surface area contributed by atoms with Crippen molar-refractivity contribution in [3.05, 3.63) is 23.2 Å². The first-order chi connectivity index (χ1) is 6.15. The van der Waals surface area contributed by atoms with Crippen molar-refractivity contribution in [3.63, 3.8) is 0 Å². The molecular formula is C9H13NO3. The van der Waals surface area contributed by atoms with Crippen LogP contribution in [0.5, 0.6) is 0 Å². The largest absolute Gasteiger partial charge is 0.475 e. The lowest BCUT2D eigenvalue weighted by Gasteiger charge is -1.95. The van der Waals surface area contributed by atoms with Gasteiger partial charge in [0.15, 0.2) is 0 Å². The van der Waals surface area contributed by atoms with Gasteiger partial charge in [-0.25, -0.2) is 4.79 Å². The molecule has 0 bridgehead atoms. The van der Waals surface area contributed by atoms with E-state index in [1.54, 1.807) is 13.0 Å². The molecule has 0 radical (unpaired) electrons. The molecule has 4 nitrogen and oxygen atoms in total. The van der Waals surface area contributed by atoms with Gasteiger partial charge in [-0.3, -0.25) is 0 Å². The summed E-state index contributed by atoms with van der Waals surface area (Å²) in [6.07, 6.45) is 0. The molecule has 0 spiro atoms. The van der Waals surface area contributed by atoms with E-state index in [2.05, 4.69) is 5.32 Å². The van der Waals surface area contributed by atoms with Crippen LogP contribution in [-0.2, 0) is 6.54 Å². The van der Waals surface area contributed by atoms with Crippen molar-refractivity contribution in [2.24, 2.45) is 0 Å². The van der Waals surface area contributed by atoms with Crippen LogP contribution in [0.4, 0.5) is 0 Å². The van der Waals surface area contributed by atoms with Gasteiger partial charge in [0.1, 0.15) is 5.76 Å². The van der Waals surface area contributed by atoms with Crippen LogP contribution in [0, 0.1) is 6.92 Å². The first kappa shape index (κ1) is 9.80. The zero-order valence-corrected chi connectivity index (χ0v) is 7.76. The highest BCUT2D eigenvalue weighted by atomic mass is 16.4. The van der Waals surface area contributed by atoms with Crippen molar-refractivity contribution in [3.8, 4) is 0 Å². The lowest BCUT2D eigenvalue weighted by molar-refractivity contribution is 0.0659. The van der Waals surface area contributed by atoms with Gasteiger partial charge in [-0.15, -0.1) is 0 Å². The minimum Gasteiger partial charge on any atom is -0.475 e. The maximum atomic E-state index is 10.6. The minimum atomic E-state index is -1.01. The van der Waals surface area contributed by atoms with Crippen LogP contribution in [0.15, 0.2) is 10.5 Å². The van der Waals surface area contributed by atoms with Crippen LogP contribution >= 0.6 is 0 Å². The van der Waals surface area contributed by atoms with Crippen molar-refractivity contribution in [2.45, 2.75) is 20.4 Å². The molecule has 0 saturated carbocycles. The third-order valence-corrected chi connectivity index (χ3v) is 1.71. The normalized spacial score (nSPS) is 10.3. The van der Waals surface area contributed by atoms with E-state index in [0.29, 0.717) is 17.9 Å². The SMILES string of the molecule is CCNCc1cc(C)c(C(=O)O)o1. The summed E-state index contributed by atoms with van der Waals surface area (Å²) < 4.78 is 5.12. The summed E-state index contributed by atoms with van der Waals surface area (Å²) in [5, 5.41) is 11.7. The molecule has 0 unspecified atom stereocenters. The number of carboxylic acids is 1. The summed E-state index contributed by atoms with van der Waals surface area (Å²) in [5.41, 5.74) is 0.667. The second kappa shape index (κ2) is 4.09. The standard InChI is InChI=1S/C9H13NO3/c1-3-10-5-7-4-6(2)8(13-7)9(11)12/h4,10H,3,5H2,1-2H3,(H,11,12). The molecule has 0 aliphatic heterocycles. The van der Waals surface area contributed by atoms with E-state index < -0.39 is 5.97 Å². The van der Waals surface area contributed by atoms with Crippen LogP contribution in [0.1, 0.15) is 28.8 Å². The number of rotatable bonds is 4. The Morgan fingerprint density at radius 1 is 1.69 bits per heavy atom. The molecule has 4 heteroatoms. The molecule has 0 saturated heterocycles. The zero-order valence-electron chi connectivity index (χ0n) is 7.76. The summed E-state index contributed by atoms with van der Waals surface area (Å²) in [6, 6.07) is 1.74. The second-order valence-corrected chi connectivity index (χ2v) is 2.81. The van der Waals surface area contributed by atoms with E-state index in [4.69, 9.17) is 9.52 Å². The third kappa shape index (κ3) is 2.32. The fraction of sp³-hybridized carbons (Fsp3) is 0.444. The Morgan fingerprint density at radius 2 is 2.38 bits per heavy atom. The van der Waals surface area contributed by atoms with Gasteiger partial charge < -0.3 is 14.8 Å². The number of aromatic carboxylic acids is 1. The van der Waals surface area contributed by atoms with Gasteiger partial charge >= 0.3 is 5.97 Å². The van der Waals surface area contributed by atoms with E-state index in [1.165, 1.54) is 0 Å². The van der Waals surface area contributed by atoms with Crippen LogP contribution < -0.4 is 5.32 Å². The molecule has 0 amide bonds. The average molecular weight is 183 g/mol. The molecule has 2 N–H and O–H groups in total. The molecule has 0 fully saturated rings. The number of carboxylic acid groups (broad SMARTS) is 1. The fourth-order valence-electron chi connectivity index (χ4n) is 1.10. The third-order valence-electron chi connectivity index (χ3n) is 1.71.